The zero-order valence-electron chi connectivity index (χ0n) is 17.6. The molecule has 3 aromatic heterocycles. The zero-order valence-corrected chi connectivity index (χ0v) is 19.2. The van der Waals surface area contributed by atoms with Gasteiger partial charge in [0.25, 0.3) is 0 Å². The monoisotopic (exact) mass is 455 g/mol. The summed E-state index contributed by atoms with van der Waals surface area (Å²) in [6.07, 6.45) is 0. The maximum Gasteiger partial charge on any atom is 0.0641 e. The Morgan fingerprint density at radius 3 is 1.73 bits per heavy atom. The molecule has 3 heterocycles. The van der Waals surface area contributed by atoms with E-state index in [-0.39, 0.29) is 0 Å². The molecule has 3 heteroatoms. The maximum absolute atomic E-state index is 2.48. The van der Waals surface area contributed by atoms with Gasteiger partial charge >= 0.3 is 0 Å². The van der Waals surface area contributed by atoms with Gasteiger partial charge in [0.05, 0.1) is 20.4 Å². The quantitative estimate of drug-likeness (QED) is 0.232. The fourth-order valence-corrected chi connectivity index (χ4v) is 8.02. The van der Waals surface area contributed by atoms with Crippen molar-refractivity contribution >= 4 is 84.8 Å². The molecule has 0 aliphatic heterocycles. The van der Waals surface area contributed by atoms with E-state index < -0.39 is 0 Å². The highest BCUT2D eigenvalue weighted by molar-refractivity contribution is 7.33. The Morgan fingerprint density at radius 2 is 1.00 bits per heavy atom. The molecule has 0 spiro atoms. The third-order valence-electron chi connectivity index (χ3n) is 6.77. The molecule has 0 amide bonds. The third-order valence-corrected chi connectivity index (χ3v) is 9.28. The lowest BCUT2D eigenvalue weighted by molar-refractivity contribution is 1.19. The van der Waals surface area contributed by atoms with Gasteiger partial charge in [-0.1, -0.05) is 72.8 Å². The number of para-hydroxylation sites is 2. The number of benzene rings is 5. The summed E-state index contributed by atoms with van der Waals surface area (Å²) in [6.45, 7) is 0. The molecule has 0 atom stereocenters. The highest BCUT2D eigenvalue weighted by Crippen LogP contribution is 2.51. The molecule has 8 rings (SSSR count). The number of rotatable bonds is 1. The molecule has 8 aromatic rings. The predicted octanol–water partition coefficient (Wildman–Crippen LogP) is 9.52. The van der Waals surface area contributed by atoms with Crippen LogP contribution < -0.4 is 0 Å². The van der Waals surface area contributed by atoms with Gasteiger partial charge in [0.15, 0.2) is 0 Å². The Bertz CT molecular complexity index is 2020. The lowest BCUT2D eigenvalue weighted by Crippen LogP contribution is -1.93. The summed E-state index contributed by atoms with van der Waals surface area (Å²) in [7, 11) is 0. The average molecular weight is 456 g/mol. The summed E-state index contributed by atoms with van der Waals surface area (Å²) in [4.78, 5) is 0. The molecule has 1 nitrogen and oxygen atoms in total. The Kier molecular flexibility index (Phi) is 3.48. The van der Waals surface area contributed by atoms with Gasteiger partial charge in [0, 0.05) is 47.4 Å². The molecule has 5 aromatic carbocycles. The van der Waals surface area contributed by atoms with Gasteiger partial charge in [-0.2, -0.15) is 0 Å². The molecule has 0 N–H and O–H groups in total. The second-order valence-corrected chi connectivity index (χ2v) is 10.6. The first-order chi connectivity index (χ1) is 16.4. The number of hydrogen-bond acceptors (Lipinski definition) is 2. The van der Waals surface area contributed by atoms with Gasteiger partial charge < -0.3 is 4.57 Å². The van der Waals surface area contributed by atoms with E-state index in [0.717, 1.165) is 0 Å². The van der Waals surface area contributed by atoms with E-state index in [4.69, 9.17) is 0 Å². The van der Waals surface area contributed by atoms with Crippen LogP contribution in [0.1, 0.15) is 0 Å². The highest BCUT2D eigenvalue weighted by Gasteiger charge is 2.23. The van der Waals surface area contributed by atoms with E-state index in [9.17, 15) is 0 Å². The van der Waals surface area contributed by atoms with Gasteiger partial charge in [0.2, 0.25) is 0 Å². The minimum absolute atomic E-state index is 1.21. The fraction of sp³-hybridized carbons (Fsp3) is 0. The molecular formula is C30H17NS2. The molecule has 0 aliphatic rings. The molecule has 0 aliphatic carbocycles. The van der Waals surface area contributed by atoms with E-state index in [0.29, 0.717) is 0 Å². The van der Waals surface area contributed by atoms with Crippen LogP contribution in [-0.2, 0) is 0 Å². The van der Waals surface area contributed by atoms with Crippen molar-refractivity contribution in [3.05, 3.63) is 103 Å². The van der Waals surface area contributed by atoms with E-state index >= 15 is 0 Å². The minimum Gasteiger partial charge on any atom is -0.309 e. The molecule has 0 bridgehead atoms. The summed E-state index contributed by atoms with van der Waals surface area (Å²) in [5, 5.41) is 8.18. The Morgan fingerprint density at radius 1 is 0.455 bits per heavy atom. The highest BCUT2D eigenvalue weighted by atomic mass is 32.1. The summed E-state index contributed by atoms with van der Waals surface area (Å²) in [5.74, 6) is 0. The van der Waals surface area contributed by atoms with Crippen molar-refractivity contribution < 1.29 is 0 Å². The number of thiophene rings is 2. The predicted molar refractivity (Wildman–Crippen MR) is 147 cm³/mol. The first-order valence-corrected chi connectivity index (χ1v) is 12.8. The van der Waals surface area contributed by atoms with Crippen molar-refractivity contribution in [2.75, 3.05) is 0 Å². The number of hydrogen-bond donors (Lipinski definition) is 0. The van der Waals surface area contributed by atoms with Crippen molar-refractivity contribution in [3.63, 3.8) is 0 Å². The normalized spacial score (nSPS) is 12.2. The Balaban J connectivity index is 1.81. The van der Waals surface area contributed by atoms with Crippen LogP contribution in [0.3, 0.4) is 0 Å². The van der Waals surface area contributed by atoms with Crippen molar-refractivity contribution in [3.8, 4) is 5.69 Å². The van der Waals surface area contributed by atoms with Crippen LogP contribution in [-0.4, -0.2) is 4.57 Å². The molecule has 0 unspecified atom stereocenters. The first kappa shape index (κ1) is 17.8. The van der Waals surface area contributed by atoms with Crippen molar-refractivity contribution in [2.45, 2.75) is 0 Å². The second-order valence-electron chi connectivity index (χ2n) is 8.52. The molecular weight excluding hydrogens is 438 g/mol. The zero-order chi connectivity index (χ0) is 21.5. The lowest BCUT2D eigenvalue weighted by atomic mass is 10.0. The summed E-state index contributed by atoms with van der Waals surface area (Å²) >= 11 is 3.87. The van der Waals surface area contributed by atoms with Crippen LogP contribution in [0.25, 0.3) is 67.8 Å². The molecule has 33 heavy (non-hydrogen) atoms. The number of fused-ring (bicyclic) bond motifs is 12. The summed E-state index contributed by atoms with van der Waals surface area (Å²) in [6, 6.07) is 37.5. The standard InChI is InChI=1S/C30H17NS2/c1-2-10-18(11-3-1)31-22-15-7-4-12-19(22)25-26-20-13-5-8-16-23(20)32-29(26)30-27(28(25)31)21-14-6-9-17-24(21)33-30/h1-17H. The molecule has 0 saturated carbocycles. The van der Waals surface area contributed by atoms with E-state index in [1.165, 1.54) is 67.8 Å². The molecule has 0 radical (unpaired) electrons. The van der Waals surface area contributed by atoms with Gasteiger partial charge in [0.1, 0.15) is 0 Å². The molecule has 0 fully saturated rings. The van der Waals surface area contributed by atoms with Gasteiger partial charge in [-0.15, -0.1) is 22.7 Å². The fourth-order valence-electron chi connectivity index (χ4n) is 5.47. The minimum atomic E-state index is 1.21. The van der Waals surface area contributed by atoms with Gasteiger partial charge in [-0.3, -0.25) is 0 Å². The first-order valence-electron chi connectivity index (χ1n) is 11.1. The van der Waals surface area contributed by atoms with E-state index in [1.807, 2.05) is 22.7 Å². The third kappa shape index (κ3) is 2.26. The molecule has 154 valence electrons. The SMILES string of the molecule is c1ccc(-n2c3ccccc3c3c4c5ccccc5sc4c4sc5ccccc5c4c32)cc1. The Labute approximate surface area is 197 Å². The smallest absolute Gasteiger partial charge is 0.0641 e. The molecule has 0 saturated heterocycles. The maximum atomic E-state index is 2.48. The van der Waals surface area contributed by atoms with E-state index in [1.54, 1.807) is 0 Å². The van der Waals surface area contributed by atoms with Crippen LogP contribution >= 0.6 is 22.7 Å². The van der Waals surface area contributed by atoms with Crippen LogP contribution in [0.5, 0.6) is 0 Å². The van der Waals surface area contributed by atoms with Crippen LogP contribution in [0.15, 0.2) is 103 Å². The van der Waals surface area contributed by atoms with E-state index in [2.05, 4.69) is 108 Å². The average Bonchev–Trinajstić information content (AvgIpc) is 3.54. The van der Waals surface area contributed by atoms with Crippen LogP contribution in [0.4, 0.5) is 0 Å². The Hall–Kier alpha value is -3.66. The van der Waals surface area contributed by atoms with Crippen molar-refractivity contribution in [2.24, 2.45) is 0 Å². The van der Waals surface area contributed by atoms with Gasteiger partial charge in [-0.05, 0) is 30.3 Å². The van der Waals surface area contributed by atoms with Crippen molar-refractivity contribution in [1.29, 1.82) is 0 Å². The number of nitrogens with zero attached hydrogens (tertiary/aromatic N) is 1. The summed E-state index contributed by atoms with van der Waals surface area (Å²) in [5.41, 5.74) is 3.79. The summed E-state index contributed by atoms with van der Waals surface area (Å²) < 4.78 is 8.01. The lowest BCUT2D eigenvalue weighted by Gasteiger charge is -2.09. The topological polar surface area (TPSA) is 4.93 Å². The number of aromatic nitrogens is 1. The van der Waals surface area contributed by atoms with Crippen molar-refractivity contribution in [1.82, 2.24) is 4.57 Å². The van der Waals surface area contributed by atoms with Crippen LogP contribution in [0.2, 0.25) is 0 Å². The van der Waals surface area contributed by atoms with Crippen LogP contribution in [0, 0.1) is 0 Å². The largest absolute Gasteiger partial charge is 0.309 e. The second kappa shape index (κ2) is 6.44. The van der Waals surface area contributed by atoms with Gasteiger partial charge in [-0.25, -0.2) is 0 Å².